The molecule has 0 aliphatic carbocycles. The van der Waals surface area contributed by atoms with Crippen molar-refractivity contribution in [1.29, 1.82) is 0 Å². The molecular formula is C4H12F6NSb. The van der Waals surface area contributed by atoms with Gasteiger partial charge in [-0.25, -0.2) is 0 Å². The van der Waals surface area contributed by atoms with Crippen LogP contribution in [0.4, 0.5) is 16.9 Å². The van der Waals surface area contributed by atoms with Gasteiger partial charge in [0.1, 0.15) is 0 Å². The molecule has 8 heteroatoms. The van der Waals surface area contributed by atoms with E-state index >= 15 is 0 Å². The summed E-state index contributed by atoms with van der Waals surface area (Å²) in [6.45, 7) is 3.27. The molecular weight excluding hydrogens is 298 g/mol. The van der Waals surface area contributed by atoms with Gasteiger partial charge in [-0.1, -0.05) is 13.3 Å². The molecule has 0 heterocycles. The third-order valence-electron chi connectivity index (χ3n) is 0.604. The molecule has 0 amide bonds. The molecule has 3 N–H and O–H groups in total. The molecule has 80 valence electrons. The average molecular weight is 310 g/mol. The van der Waals surface area contributed by atoms with E-state index < -0.39 is 19.5 Å². The van der Waals surface area contributed by atoms with Crippen LogP contribution in [-0.4, -0.2) is 26.0 Å². The topological polar surface area (TPSA) is 27.6 Å². The number of hydrogen-bond donors (Lipinski definition) is 1. The Kier molecular flexibility index (Phi) is 4.48. The molecule has 0 saturated heterocycles. The van der Waals surface area contributed by atoms with Crippen LogP contribution in [0.25, 0.3) is 0 Å². The second kappa shape index (κ2) is 3.62. The fraction of sp³-hybridized carbons (Fsp3) is 1.00. The summed E-state index contributed by atoms with van der Waals surface area (Å²) in [7, 11) is 0. The first-order valence-corrected chi connectivity index (χ1v) is 9.01. The van der Waals surface area contributed by atoms with E-state index in [0.717, 1.165) is 6.54 Å². The van der Waals surface area contributed by atoms with Crippen molar-refractivity contribution in [3.05, 3.63) is 0 Å². The first-order chi connectivity index (χ1) is 4.86. The van der Waals surface area contributed by atoms with Crippen molar-refractivity contribution in [2.75, 3.05) is 6.54 Å². The molecule has 0 aliphatic heterocycles. The van der Waals surface area contributed by atoms with E-state index in [0.29, 0.717) is 0 Å². The molecule has 12 heavy (non-hydrogen) atoms. The average Bonchev–Trinajstić information content (AvgIpc) is 1.58. The zero-order chi connectivity index (χ0) is 10.5. The van der Waals surface area contributed by atoms with Crippen LogP contribution in [0.2, 0.25) is 0 Å². The van der Waals surface area contributed by atoms with Crippen LogP contribution in [-0.2, 0) is 0 Å². The van der Waals surface area contributed by atoms with Gasteiger partial charge >= 0.3 is 36.4 Å². The molecule has 0 aromatic rings. The SMILES string of the molecule is CCCC[NH3+].[F][Sb-]([F])([F])([F])([F])[F]. The molecule has 0 saturated carbocycles. The van der Waals surface area contributed by atoms with Crippen molar-refractivity contribution in [3.63, 3.8) is 0 Å². The molecule has 1 nitrogen and oxygen atoms in total. The third-order valence-corrected chi connectivity index (χ3v) is 0.604. The van der Waals surface area contributed by atoms with Crippen molar-refractivity contribution < 1.29 is 22.6 Å². The molecule has 0 aromatic heterocycles. The van der Waals surface area contributed by atoms with Crippen molar-refractivity contribution in [2.24, 2.45) is 0 Å². The maximum absolute atomic E-state index is 11.2. The predicted molar refractivity (Wildman–Crippen MR) is 35.1 cm³/mol. The van der Waals surface area contributed by atoms with Gasteiger partial charge < -0.3 is 5.73 Å². The van der Waals surface area contributed by atoms with Gasteiger partial charge in [-0.2, -0.15) is 0 Å². The Balaban J connectivity index is 0. The number of hydrogen-bond acceptors (Lipinski definition) is 0. The molecule has 0 spiro atoms. The van der Waals surface area contributed by atoms with Crippen LogP contribution >= 0.6 is 0 Å². The van der Waals surface area contributed by atoms with Crippen molar-refractivity contribution in [1.82, 2.24) is 0 Å². The summed E-state index contributed by atoms with van der Waals surface area (Å²) in [5, 5.41) is 0. The number of halogens is 6. The van der Waals surface area contributed by atoms with E-state index in [1.54, 1.807) is 0 Å². The van der Waals surface area contributed by atoms with Crippen LogP contribution in [0.1, 0.15) is 19.8 Å². The second-order valence-electron chi connectivity index (χ2n) is 2.17. The Bertz CT molecular complexity index is 109. The standard InChI is InChI=1S/C4H11N.6FH.Sb/c1-2-3-4-5;;;;;;;/h2-5H2,1H3;6*1H;/q;;;;;;;+5/p-5. The van der Waals surface area contributed by atoms with Crippen LogP contribution < -0.4 is 5.73 Å². The molecule has 0 unspecified atom stereocenters. The fourth-order valence-corrected chi connectivity index (χ4v) is 0.250. The minimum absolute atomic E-state index is 1.09. The molecule has 0 fully saturated rings. The molecule has 0 aromatic carbocycles. The van der Waals surface area contributed by atoms with E-state index in [9.17, 15) is 16.9 Å². The van der Waals surface area contributed by atoms with Gasteiger partial charge in [-0.3, -0.25) is 0 Å². The normalized spacial score (nSPS) is 17.0. The first-order valence-electron chi connectivity index (χ1n) is 3.22. The quantitative estimate of drug-likeness (QED) is 0.598. The van der Waals surface area contributed by atoms with Crippen molar-refractivity contribution >= 4 is 19.5 Å². The number of unbranched alkanes of at least 4 members (excludes halogenated alkanes) is 1. The van der Waals surface area contributed by atoms with E-state index in [-0.39, 0.29) is 0 Å². The second-order valence-corrected chi connectivity index (χ2v) is 7.64. The monoisotopic (exact) mass is 309 g/mol. The Morgan fingerprint density at radius 3 is 1.25 bits per heavy atom. The minimum atomic E-state index is -11.2. The Labute approximate surface area is 68.8 Å². The molecule has 0 aliphatic rings. The summed E-state index contributed by atoms with van der Waals surface area (Å²) in [5.74, 6) is 0. The molecule has 0 rings (SSSR count). The van der Waals surface area contributed by atoms with E-state index in [1.807, 2.05) is 0 Å². The van der Waals surface area contributed by atoms with Crippen LogP contribution in [0, 0.1) is 0 Å². The molecule has 0 radical (unpaired) electrons. The first kappa shape index (κ1) is 14.9. The predicted octanol–water partition coefficient (Wildman–Crippen LogP) is 2.17. The van der Waals surface area contributed by atoms with E-state index in [2.05, 4.69) is 12.7 Å². The maximum atomic E-state index is 9.93. The van der Waals surface area contributed by atoms with Gasteiger partial charge in [-0.05, 0) is 6.42 Å². The summed E-state index contributed by atoms with van der Waals surface area (Å²) in [6.07, 6.45) is 2.56. The zero-order valence-corrected chi connectivity index (χ0v) is 9.10. The van der Waals surface area contributed by atoms with Gasteiger partial charge in [0, 0.05) is 0 Å². The Hall–Kier alpha value is 0.358. The molecule has 0 bridgehead atoms. The fourth-order valence-electron chi connectivity index (χ4n) is 0.250. The van der Waals surface area contributed by atoms with E-state index in [4.69, 9.17) is 0 Å². The van der Waals surface area contributed by atoms with Gasteiger partial charge in [0.15, 0.2) is 0 Å². The van der Waals surface area contributed by atoms with Crippen molar-refractivity contribution in [3.8, 4) is 0 Å². The number of quaternary nitrogens is 1. The van der Waals surface area contributed by atoms with Crippen LogP contribution in [0.5, 0.6) is 0 Å². The number of rotatable bonds is 2. The Morgan fingerprint density at radius 2 is 1.25 bits per heavy atom. The van der Waals surface area contributed by atoms with Gasteiger partial charge in [0.25, 0.3) is 0 Å². The van der Waals surface area contributed by atoms with Gasteiger partial charge in [0.05, 0.1) is 6.54 Å². The molecule has 0 atom stereocenters. The van der Waals surface area contributed by atoms with Gasteiger partial charge in [-0.15, -0.1) is 0 Å². The summed E-state index contributed by atoms with van der Waals surface area (Å²) in [4.78, 5) is 0. The van der Waals surface area contributed by atoms with Crippen LogP contribution in [0.15, 0.2) is 0 Å². The van der Waals surface area contributed by atoms with Crippen LogP contribution in [0.3, 0.4) is 0 Å². The summed E-state index contributed by atoms with van der Waals surface area (Å²) in [6, 6.07) is 0. The summed E-state index contributed by atoms with van der Waals surface area (Å²) in [5.41, 5.74) is 3.68. The summed E-state index contributed by atoms with van der Waals surface area (Å²) < 4.78 is 59.6. The van der Waals surface area contributed by atoms with Gasteiger partial charge in [0.2, 0.25) is 0 Å². The third kappa shape index (κ3) is 163. The zero-order valence-electron chi connectivity index (χ0n) is 6.54. The Morgan fingerprint density at radius 1 is 1.00 bits per heavy atom. The van der Waals surface area contributed by atoms with Crippen molar-refractivity contribution in [2.45, 2.75) is 19.8 Å². The summed E-state index contributed by atoms with van der Waals surface area (Å²) >= 11 is -11.2. The van der Waals surface area contributed by atoms with E-state index in [1.165, 1.54) is 12.8 Å².